The molecule has 21 heavy (non-hydrogen) atoms. The Morgan fingerprint density at radius 2 is 2.05 bits per heavy atom. The van der Waals surface area contributed by atoms with E-state index in [1.54, 1.807) is 0 Å². The molecule has 0 aromatic heterocycles. The van der Waals surface area contributed by atoms with Crippen LogP contribution in [0.5, 0.6) is 0 Å². The van der Waals surface area contributed by atoms with Gasteiger partial charge >= 0.3 is 0 Å². The average molecular weight is 291 g/mol. The van der Waals surface area contributed by atoms with E-state index in [0.717, 1.165) is 50.0 Å². The molecule has 1 amide bonds. The van der Waals surface area contributed by atoms with E-state index in [1.807, 2.05) is 25.1 Å². The fourth-order valence-corrected chi connectivity index (χ4v) is 2.83. The maximum absolute atomic E-state index is 11.5. The van der Waals surface area contributed by atoms with E-state index in [2.05, 4.69) is 16.4 Å². The lowest BCUT2D eigenvalue weighted by Crippen LogP contribution is -2.32. The first kappa shape index (κ1) is 15.9. The molecule has 0 spiro atoms. The number of likely N-dealkylation sites (tertiary alicyclic amines) is 1. The number of amides is 1. The summed E-state index contributed by atoms with van der Waals surface area (Å²) in [6.45, 7) is 4.58. The molecule has 1 aromatic rings. The molecule has 1 aliphatic heterocycles. The van der Waals surface area contributed by atoms with Gasteiger partial charge in [0.1, 0.15) is 0 Å². The number of nitrogens with two attached hydrogens (primary N) is 1. The number of hydrazine groups is 1. The molecule has 0 radical (unpaired) electrons. The van der Waals surface area contributed by atoms with Crippen LogP contribution in [0.2, 0.25) is 0 Å². The van der Waals surface area contributed by atoms with Gasteiger partial charge in [-0.15, -0.1) is 0 Å². The molecule has 1 saturated heterocycles. The van der Waals surface area contributed by atoms with Crippen molar-refractivity contribution in [3.05, 3.63) is 35.4 Å². The second-order valence-corrected chi connectivity index (χ2v) is 6.14. The van der Waals surface area contributed by atoms with Crippen LogP contribution in [0.15, 0.2) is 24.3 Å². The van der Waals surface area contributed by atoms with Gasteiger partial charge in [-0.2, -0.15) is 0 Å². The minimum absolute atomic E-state index is 0.179. The Morgan fingerprint density at radius 1 is 1.33 bits per heavy atom. The summed E-state index contributed by atoms with van der Waals surface area (Å²) in [5, 5.41) is 10.2. The first-order valence-electron chi connectivity index (χ1n) is 7.51. The van der Waals surface area contributed by atoms with E-state index in [9.17, 15) is 9.90 Å². The zero-order valence-corrected chi connectivity index (χ0v) is 12.6. The molecule has 2 rings (SSSR count). The molecule has 1 aliphatic rings. The first-order chi connectivity index (χ1) is 10.00. The largest absolute Gasteiger partial charge is 0.390 e. The highest BCUT2D eigenvalue weighted by Crippen LogP contribution is 2.23. The van der Waals surface area contributed by atoms with Crippen molar-refractivity contribution in [2.24, 2.45) is 5.84 Å². The second kappa shape index (κ2) is 7.02. The fraction of sp³-hybridized carbons (Fsp3) is 0.562. The highest BCUT2D eigenvalue weighted by Gasteiger charge is 2.25. The van der Waals surface area contributed by atoms with Gasteiger partial charge < -0.3 is 5.11 Å². The topological polar surface area (TPSA) is 78.6 Å². The number of carbonyl (C=O) groups is 1. The Bertz CT molecular complexity index is 488. The molecule has 1 atom stereocenters. The molecule has 1 fully saturated rings. The van der Waals surface area contributed by atoms with Crippen molar-refractivity contribution in [2.75, 3.05) is 13.1 Å². The van der Waals surface area contributed by atoms with E-state index in [1.165, 1.54) is 0 Å². The summed E-state index contributed by atoms with van der Waals surface area (Å²) in [4.78, 5) is 13.8. The molecular weight excluding hydrogens is 266 g/mol. The first-order valence-corrected chi connectivity index (χ1v) is 7.51. The van der Waals surface area contributed by atoms with Crippen LogP contribution in [0.3, 0.4) is 0 Å². The van der Waals surface area contributed by atoms with Crippen LogP contribution < -0.4 is 11.3 Å². The third-order valence-electron chi connectivity index (χ3n) is 4.18. The summed E-state index contributed by atoms with van der Waals surface area (Å²) < 4.78 is 0. The maximum atomic E-state index is 11.5. The lowest BCUT2D eigenvalue weighted by atomic mass is 9.98. The molecule has 5 nitrogen and oxygen atoms in total. The fourth-order valence-electron chi connectivity index (χ4n) is 2.83. The number of hydrogen-bond acceptors (Lipinski definition) is 4. The smallest absolute Gasteiger partial charge is 0.238 e. The van der Waals surface area contributed by atoms with E-state index in [-0.39, 0.29) is 5.91 Å². The minimum atomic E-state index is -0.548. The lowest BCUT2D eigenvalue weighted by molar-refractivity contribution is -0.120. The Morgan fingerprint density at radius 3 is 2.76 bits per heavy atom. The van der Waals surface area contributed by atoms with Gasteiger partial charge in [0.15, 0.2) is 0 Å². The van der Waals surface area contributed by atoms with Crippen LogP contribution in [-0.4, -0.2) is 34.6 Å². The van der Waals surface area contributed by atoms with E-state index < -0.39 is 5.60 Å². The Kier molecular flexibility index (Phi) is 5.33. The molecule has 0 bridgehead atoms. The third-order valence-corrected chi connectivity index (χ3v) is 4.18. The summed E-state index contributed by atoms with van der Waals surface area (Å²) in [7, 11) is 0. The maximum Gasteiger partial charge on any atom is 0.238 e. The molecule has 0 aliphatic carbocycles. The molecule has 116 valence electrons. The van der Waals surface area contributed by atoms with E-state index >= 15 is 0 Å². The van der Waals surface area contributed by atoms with Crippen LogP contribution >= 0.6 is 0 Å². The normalized spacial score (nSPS) is 23.6. The monoisotopic (exact) mass is 291 g/mol. The second-order valence-electron chi connectivity index (χ2n) is 6.14. The van der Waals surface area contributed by atoms with Gasteiger partial charge in [0.25, 0.3) is 0 Å². The van der Waals surface area contributed by atoms with Crippen molar-refractivity contribution >= 4 is 5.91 Å². The Hall–Kier alpha value is -1.43. The molecule has 1 unspecified atom stereocenters. The van der Waals surface area contributed by atoms with Crippen molar-refractivity contribution in [1.82, 2.24) is 10.3 Å². The van der Waals surface area contributed by atoms with Crippen LogP contribution in [-0.2, 0) is 17.8 Å². The zero-order valence-electron chi connectivity index (χ0n) is 12.6. The van der Waals surface area contributed by atoms with E-state index in [4.69, 9.17) is 5.84 Å². The van der Waals surface area contributed by atoms with E-state index in [0.29, 0.717) is 6.42 Å². The van der Waals surface area contributed by atoms with Crippen LogP contribution in [0.1, 0.15) is 37.3 Å². The molecule has 4 N–H and O–H groups in total. The Balaban J connectivity index is 2.03. The van der Waals surface area contributed by atoms with Crippen LogP contribution in [0.4, 0.5) is 0 Å². The van der Waals surface area contributed by atoms with Crippen LogP contribution in [0, 0.1) is 0 Å². The SMILES string of the molecule is CC1(O)CCCN(Cc2ccccc2CC(=O)NN)CC1. The summed E-state index contributed by atoms with van der Waals surface area (Å²) in [5.74, 6) is 4.99. The van der Waals surface area contributed by atoms with Gasteiger partial charge in [0.2, 0.25) is 5.91 Å². The summed E-state index contributed by atoms with van der Waals surface area (Å²) in [5.41, 5.74) is 3.80. The van der Waals surface area contributed by atoms with Gasteiger partial charge in [0, 0.05) is 13.1 Å². The van der Waals surface area contributed by atoms with Gasteiger partial charge in [-0.1, -0.05) is 24.3 Å². The quantitative estimate of drug-likeness (QED) is 0.438. The van der Waals surface area contributed by atoms with Crippen molar-refractivity contribution in [2.45, 2.75) is 44.8 Å². The number of aliphatic hydroxyl groups is 1. The molecular formula is C16H25N3O2. The molecule has 5 heteroatoms. The van der Waals surface area contributed by atoms with Crippen molar-refractivity contribution < 1.29 is 9.90 Å². The lowest BCUT2D eigenvalue weighted by Gasteiger charge is -2.23. The number of carbonyl (C=O) groups excluding carboxylic acids is 1. The van der Waals surface area contributed by atoms with Crippen molar-refractivity contribution in [3.8, 4) is 0 Å². The molecule has 1 heterocycles. The van der Waals surface area contributed by atoms with Gasteiger partial charge in [-0.25, -0.2) is 5.84 Å². The number of nitrogens with zero attached hydrogens (tertiary/aromatic N) is 1. The predicted octanol–water partition coefficient (Wildman–Crippen LogP) is 0.956. The summed E-state index contributed by atoms with van der Waals surface area (Å²) in [6.07, 6.45) is 2.94. The van der Waals surface area contributed by atoms with Gasteiger partial charge in [-0.3, -0.25) is 15.1 Å². The zero-order chi connectivity index (χ0) is 15.3. The molecule has 0 saturated carbocycles. The highest BCUT2D eigenvalue weighted by molar-refractivity contribution is 5.78. The minimum Gasteiger partial charge on any atom is -0.390 e. The number of rotatable bonds is 4. The highest BCUT2D eigenvalue weighted by atomic mass is 16.3. The third kappa shape index (κ3) is 4.81. The van der Waals surface area contributed by atoms with Crippen molar-refractivity contribution in [3.63, 3.8) is 0 Å². The number of nitrogens with one attached hydrogen (secondary N) is 1. The standard InChI is InChI=1S/C16H25N3O2/c1-16(21)7-4-9-19(10-8-16)12-14-6-3-2-5-13(14)11-15(20)18-17/h2-3,5-6,21H,4,7-12,17H2,1H3,(H,18,20). The van der Waals surface area contributed by atoms with Crippen molar-refractivity contribution in [1.29, 1.82) is 0 Å². The summed E-state index contributed by atoms with van der Waals surface area (Å²) in [6, 6.07) is 7.96. The van der Waals surface area contributed by atoms with Gasteiger partial charge in [0.05, 0.1) is 12.0 Å². The van der Waals surface area contributed by atoms with Crippen LogP contribution in [0.25, 0.3) is 0 Å². The summed E-state index contributed by atoms with van der Waals surface area (Å²) >= 11 is 0. The number of hydrogen-bond donors (Lipinski definition) is 3. The predicted molar refractivity (Wildman–Crippen MR) is 82.2 cm³/mol. The van der Waals surface area contributed by atoms with Gasteiger partial charge in [-0.05, 0) is 43.9 Å². The molecule has 1 aromatic carbocycles. The Labute approximate surface area is 126 Å². The number of benzene rings is 1. The average Bonchev–Trinajstić information content (AvgIpc) is 2.62.